The summed E-state index contributed by atoms with van der Waals surface area (Å²) >= 11 is 0. The number of allylic oxidation sites excluding steroid dienone is 4. The lowest BCUT2D eigenvalue weighted by atomic mass is 9.98. The van der Waals surface area contributed by atoms with Gasteiger partial charge in [0.05, 0.1) is 0 Å². The van der Waals surface area contributed by atoms with Gasteiger partial charge in [0, 0.05) is 6.42 Å². The molecule has 0 aliphatic heterocycles. The predicted octanol–water partition coefficient (Wildman–Crippen LogP) is 7.16. The molecular weight excluding hydrogens is 296 g/mol. The normalized spacial score (nSPS) is 14.5. The Bertz CT molecular complexity index is 344. The molecule has 0 fully saturated rings. The molecule has 24 heavy (non-hydrogen) atoms. The van der Waals surface area contributed by atoms with E-state index in [1.807, 2.05) is 0 Å². The van der Waals surface area contributed by atoms with Crippen LogP contribution in [0.5, 0.6) is 0 Å². The summed E-state index contributed by atoms with van der Waals surface area (Å²) in [7, 11) is 0. The fraction of sp³-hybridized carbons (Fsp3) is 0.773. The summed E-state index contributed by atoms with van der Waals surface area (Å²) in [6.45, 7) is 6.67. The van der Waals surface area contributed by atoms with Crippen molar-refractivity contribution in [3.63, 3.8) is 0 Å². The minimum absolute atomic E-state index is 0.288. The minimum atomic E-state index is -0.686. The lowest BCUT2D eigenvalue weighted by Gasteiger charge is -2.08. The van der Waals surface area contributed by atoms with Crippen LogP contribution in [0, 0.1) is 11.8 Å². The molecule has 0 bridgehead atoms. The first-order valence-corrected chi connectivity index (χ1v) is 10.1. The van der Waals surface area contributed by atoms with Crippen molar-refractivity contribution in [1.29, 1.82) is 0 Å². The Labute approximate surface area is 150 Å². The Balaban J connectivity index is 3.51. The molecule has 0 aliphatic carbocycles. The molecule has 1 N–H and O–H groups in total. The smallest absolute Gasteiger partial charge is 0.303 e. The second kappa shape index (κ2) is 16.8. The van der Waals surface area contributed by atoms with E-state index in [0.717, 1.165) is 12.8 Å². The van der Waals surface area contributed by atoms with Crippen molar-refractivity contribution in [3.8, 4) is 0 Å². The predicted molar refractivity (Wildman–Crippen MR) is 105 cm³/mol. The zero-order valence-electron chi connectivity index (χ0n) is 16.3. The average Bonchev–Trinajstić information content (AvgIpc) is 2.54. The van der Waals surface area contributed by atoms with Crippen molar-refractivity contribution >= 4 is 5.97 Å². The van der Waals surface area contributed by atoms with Crippen molar-refractivity contribution in [2.45, 2.75) is 97.8 Å². The molecule has 2 heteroatoms. The number of carbonyl (C=O) groups is 1. The van der Waals surface area contributed by atoms with Crippen molar-refractivity contribution in [2.75, 3.05) is 0 Å². The van der Waals surface area contributed by atoms with Crippen LogP contribution in [0.4, 0.5) is 0 Å². The number of carboxylic acids is 1. The molecule has 2 nitrogen and oxygen atoms in total. The van der Waals surface area contributed by atoms with Crippen molar-refractivity contribution in [1.82, 2.24) is 0 Å². The van der Waals surface area contributed by atoms with Crippen LogP contribution in [-0.4, -0.2) is 11.1 Å². The summed E-state index contributed by atoms with van der Waals surface area (Å²) in [5, 5.41) is 8.68. The highest BCUT2D eigenvalue weighted by molar-refractivity contribution is 5.66. The Kier molecular flexibility index (Phi) is 16.1. The van der Waals surface area contributed by atoms with Gasteiger partial charge in [-0.15, -0.1) is 0 Å². The molecule has 140 valence electrons. The molecular formula is C22H40O2. The van der Waals surface area contributed by atoms with Crippen LogP contribution < -0.4 is 0 Å². The second-order valence-corrected chi connectivity index (χ2v) is 7.28. The molecule has 0 spiro atoms. The number of unbranched alkanes of at least 4 members (excludes halogenated alkanes) is 6. The third-order valence-electron chi connectivity index (χ3n) is 4.53. The lowest BCUT2D eigenvalue weighted by Crippen LogP contribution is -2.00. The van der Waals surface area contributed by atoms with Gasteiger partial charge < -0.3 is 5.11 Å². The number of carboxylic acid groups (broad SMARTS) is 1. The maximum atomic E-state index is 10.5. The van der Waals surface area contributed by atoms with Crippen LogP contribution in [0.15, 0.2) is 24.3 Å². The molecule has 2 atom stereocenters. The first-order chi connectivity index (χ1) is 11.6. The van der Waals surface area contributed by atoms with E-state index < -0.39 is 5.97 Å². The molecule has 0 aromatic rings. The van der Waals surface area contributed by atoms with Gasteiger partial charge in [0.1, 0.15) is 0 Å². The van der Waals surface area contributed by atoms with Gasteiger partial charge in [0.2, 0.25) is 0 Å². The molecule has 2 unspecified atom stereocenters. The maximum Gasteiger partial charge on any atom is 0.303 e. The molecule has 0 rings (SSSR count). The van der Waals surface area contributed by atoms with Gasteiger partial charge >= 0.3 is 5.97 Å². The van der Waals surface area contributed by atoms with E-state index in [1.54, 1.807) is 0 Å². The quantitative estimate of drug-likeness (QED) is 0.240. The van der Waals surface area contributed by atoms with Crippen LogP contribution in [0.2, 0.25) is 0 Å². The zero-order valence-corrected chi connectivity index (χ0v) is 16.3. The summed E-state index contributed by atoms with van der Waals surface area (Å²) in [5.74, 6) is 0.413. The number of hydrogen-bond donors (Lipinski definition) is 1. The van der Waals surface area contributed by atoms with Gasteiger partial charge in [0.25, 0.3) is 0 Å². The third kappa shape index (κ3) is 17.3. The average molecular weight is 337 g/mol. The van der Waals surface area contributed by atoms with Crippen molar-refractivity contribution in [3.05, 3.63) is 24.3 Å². The van der Waals surface area contributed by atoms with Gasteiger partial charge in [0.15, 0.2) is 0 Å². The minimum Gasteiger partial charge on any atom is -0.481 e. The molecule has 0 aromatic carbocycles. The van der Waals surface area contributed by atoms with Crippen LogP contribution in [0.3, 0.4) is 0 Å². The summed E-state index contributed by atoms with van der Waals surface area (Å²) < 4.78 is 0. The zero-order chi connectivity index (χ0) is 18.0. The largest absolute Gasteiger partial charge is 0.481 e. The van der Waals surface area contributed by atoms with E-state index in [0.29, 0.717) is 11.8 Å². The summed E-state index contributed by atoms with van der Waals surface area (Å²) in [6.07, 6.45) is 23.0. The molecule has 0 aliphatic rings. The van der Waals surface area contributed by atoms with Gasteiger partial charge in [-0.1, -0.05) is 70.8 Å². The first kappa shape index (κ1) is 22.9. The number of hydrogen-bond acceptors (Lipinski definition) is 1. The van der Waals surface area contributed by atoms with E-state index in [1.165, 1.54) is 57.8 Å². The summed E-state index contributed by atoms with van der Waals surface area (Å²) in [4.78, 5) is 10.5. The molecule has 0 amide bonds. The Morgan fingerprint density at radius 3 is 2.21 bits per heavy atom. The second-order valence-electron chi connectivity index (χ2n) is 7.28. The van der Waals surface area contributed by atoms with Crippen molar-refractivity contribution < 1.29 is 9.90 Å². The highest BCUT2D eigenvalue weighted by atomic mass is 16.4. The Morgan fingerprint density at radius 1 is 0.917 bits per heavy atom. The molecule has 0 radical (unpaired) electrons. The summed E-state index contributed by atoms with van der Waals surface area (Å²) in [5.41, 5.74) is 0. The van der Waals surface area contributed by atoms with Crippen LogP contribution in [0.1, 0.15) is 97.8 Å². The summed E-state index contributed by atoms with van der Waals surface area (Å²) in [6, 6.07) is 0. The van der Waals surface area contributed by atoms with E-state index >= 15 is 0 Å². The monoisotopic (exact) mass is 336 g/mol. The number of aliphatic carboxylic acids is 1. The Hall–Kier alpha value is -1.05. The molecule has 0 aromatic heterocycles. The van der Waals surface area contributed by atoms with Gasteiger partial charge in [-0.3, -0.25) is 4.79 Å². The molecule has 0 saturated carbocycles. The lowest BCUT2D eigenvalue weighted by molar-refractivity contribution is -0.137. The standard InChI is InChI=1S/C22H40O2/c1-4-5-6-7-8-9-10-11-12-13-15-20(2)16-14-17-21(3)18-19-22(23)24/h9-10,14,16,20-21H,4-8,11-13,15,17-19H2,1-3H3,(H,23,24)/b10-9+,16-14+. The van der Waals surface area contributed by atoms with Crippen molar-refractivity contribution in [2.24, 2.45) is 11.8 Å². The van der Waals surface area contributed by atoms with E-state index in [9.17, 15) is 4.79 Å². The molecule has 0 saturated heterocycles. The van der Waals surface area contributed by atoms with E-state index in [4.69, 9.17) is 5.11 Å². The fourth-order valence-corrected chi connectivity index (χ4v) is 2.78. The van der Waals surface area contributed by atoms with Gasteiger partial charge in [-0.2, -0.15) is 0 Å². The maximum absolute atomic E-state index is 10.5. The van der Waals surface area contributed by atoms with Crippen LogP contribution in [0.25, 0.3) is 0 Å². The highest BCUT2D eigenvalue weighted by Gasteiger charge is 2.04. The SMILES string of the molecule is CCCCCC/C=C/CCCCC(C)/C=C/CC(C)CCC(=O)O. The fourth-order valence-electron chi connectivity index (χ4n) is 2.78. The first-order valence-electron chi connectivity index (χ1n) is 10.1. The van der Waals surface area contributed by atoms with Gasteiger partial charge in [-0.05, 0) is 56.8 Å². The third-order valence-corrected chi connectivity index (χ3v) is 4.53. The number of rotatable bonds is 16. The van der Waals surface area contributed by atoms with E-state index in [-0.39, 0.29) is 6.42 Å². The van der Waals surface area contributed by atoms with E-state index in [2.05, 4.69) is 45.1 Å². The molecule has 0 heterocycles. The van der Waals surface area contributed by atoms with Crippen LogP contribution >= 0.6 is 0 Å². The van der Waals surface area contributed by atoms with Crippen LogP contribution in [-0.2, 0) is 4.79 Å². The van der Waals surface area contributed by atoms with Gasteiger partial charge in [-0.25, -0.2) is 0 Å². The topological polar surface area (TPSA) is 37.3 Å². The highest BCUT2D eigenvalue weighted by Crippen LogP contribution is 2.15. The Morgan fingerprint density at radius 2 is 1.58 bits per heavy atom.